The third-order valence-electron chi connectivity index (χ3n) is 2.08. The fraction of sp³-hybridized carbons (Fsp3) is 0.182. The zero-order chi connectivity index (χ0) is 11.4. The molecule has 1 rings (SSSR count). The second-order valence-electron chi connectivity index (χ2n) is 3.17. The molecule has 1 aromatic rings. The van der Waals surface area contributed by atoms with Gasteiger partial charge < -0.3 is 5.11 Å². The first kappa shape index (κ1) is 10.9. The maximum atomic E-state index is 10.6. The molecule has 0 atom stereocenters. The fourth-order valence-corrected chi connectivity index (χ4v) is 1.31. The van der Waals surface area contributed by atoms with Crippen LogP contribution in [0.4, 0.5) is 0 Å². The fourth-order valence-electron chi connectivity index (χ4n) is 1.31. The molecule has 0 radical (unpaired) electrons. The SMILES string of the molecule is Cc1cc(C#N)c(CC(=O)O)cc1C=O. The number of carboxylic acid groups (broad SMARTS) is 1. The Kier molecular flexibility index (Phi) is 3.19. The van der Waals surface area contributed by atoms with Gasteiger partial charge in [0.2, 0.25) is 0 Å². The molecule has 0 unspecified atom stereocenters. The van der Waals surface area contributed by atoms with Crippen molar-refractivity contribution in [3.63, 3.8) is 0 Å². The van der Waals surface area contributed by atoms with Gasteiger partial charge in [0, 0.05) is 5.56 Å². The molecule has 4 heteroatoms. The van der Waals surface area contributed by atoms with Crippen molar-refractivity contribution in [1.82, 2.24) is 0 Å². The molecule has 4 nitrogen and oxygen atoms in total. The zero-order valence-corrected chi connectivity index (χ0v) is 8.15. The average Bonchev–Trinajstić information content (AvgIpc) is 2.19. The summed E-state index contributed by atoms with van der Waals surface area (Å²) in [5.41, 5.74) is 1.78. The number of aliphatic carboxylic acids is 1. The van der Waals surface area contributed by atoms with Gasteiger partial charge in [0.15, 0.2) is 0 Å². The van der Waals surface area contributed by atoms with E-state index < -0.39 is 5.97 Å². The van der Waals surface area contributed by atoms with Crippen molar-refractivity contribution in [2.45, 2.75) is 13.3 Å². The minimum atomic E-state index is -1.02. The van der Waals surface area contributed by atoms with Gasteiger partial charge in [0.1, 0.15) is 6.29 Å². The van der Waals surface area contributed by atoms with Gasteiger partial charge in [-0.25, -0.2) is 0 Å². The van der Waals surface area contributed by atoms with Crippen LogP contribution in [-0.2, 0) is 11.2 Å². The van der Waals surface area contributed by atoms with Crippen LogP contribution < -0.4 is 0 Å². The third-order valence-corrected chi connectivity index (χ3v) is 2.08. The van der Waals surface area contributed by atoms with E-state index in [2.05, 4.69) is 0 Å². The maximum absolute atomic E-state index is 10.6. The van der Waals surface area contributed by atoms with E-state index in [1.165, 1.54) is 12.1 Å². The van der Waals surface area contributed by atoms with Crippen molar-refractivity contribution < 1.29 is 14.7 Å². The number of carbonyl (C=O) groups excluding carboxylic acids is 1. The highest BCUT2D eigenvalue weighted by molar-refractivity contribution is 5.80. The Bertz CT molecular complexity index is 458. The molecule has 0 saturated carbocycles. The Hall–Kier alpha value is -2.15. The molecule has 15 heavy (non-hydrogen) atoms. The molecule has 0 aliphatic carbocycles. The number of hydrogen-bond acceptors (Lipinski definition) is 3. The van der Waals surface area contributed by atoms with E-state index >= 15 is 0 Å². The molecule has 0 heterocycles. The van der Waals surface area contributed by atoms with Crippen LogP contribution in [0.5, 0.6) is 0 Å². The summed E-state index contributed by atoms with van der Waals surface area (Å²) in [5, 5.41) is 17.4. The number of carbonyl (C=O) groups is 2. The van der Waals surface area contributed by atoms with Gasteiger partial charge in [0.05, 0.1) is 18.1 Å². The highest BCUT2D eigenvalue weighted by Crippen LogP contribution is 2.15. The Morgan fingerprint density at radius 3 is 2.73 bits per heavy atom. The second kappa shape index (κ2) is 4.38. The third kappa shape index (κ3) is 2.41. The molecule has 1 aromatic carbocycles. The molecular weight excluding hydrogens is 194 g/mol. The number of nitriles is 1. The van der Waals surface area contributed by atoms with Gasteiger partial charge in [-0.15, -0.1) is 0 Å². The molecule has 1 N–H and O–H groups in total. The summed E-state index contributed by atoms with van der Waals surface area (Å²) in [6.45, 7) is 1.70. The van der Waals surface area contributed by atoms with Crippen LogP contribution in [-0.4, -0.2) is 17.4 Å². The number of rotatable bonds is 3. The number of aryl methyl sites for hydroxylation is 1. The van der Waals surface area contributed by atoms with Crippen LogP contribution in [0.3, 0.4) is 0 Å². The van der Waals surface area contributed by atoms with E-state index in [1.54, 1.807) is 6.92 Å². The molecule has 0 amide bonds. The summed E-state index contributed by atoms with van der Waals surface area (Å²) in [6.07, 6.45) is 0.409. The van der Waals surface area contributed by atoms with Gasteiger partial charge >= 0.3 is 5.97 Å². The van der Waals surface area contributed by atoms with E-state index in [1.807, 2.05) is 6.07 Å². The van der Waals surface area contributed by atoms with Crippen molar-refractivity contribution in [2.24, 2.45) is 0 Å². The van der Waals surface area contributed by atoms with E-state index in [0.717, 1.165) is 0 Å². The lowest BCUT2D eigenvalue weighted by Crippen LogP contribution is -2.04. The molecule has 0 fully saturated rings. The summed E-state index contributed by atoms with van der Waals surface area (Å²) in [4.78, 5) is 21.2. The topological polar surface area (TPSA) is 78.2 Å². The van der Waals surface area contributed by atoms with Crippen molar-refractivity contribution in [3.8, 4) is 6.07 Å². The van der Waals surface area contributed by atoms with Gasteiger partial charge in [-0.2, -0.15) is 5.26 Å². The Labute approximate surface area is 86.8 Å². The summed E-state index contributed by atoms with van der Waals surface area (Å²) >= 11 is 0. The smallest absolute Gasteiger partial charge is 0.307 e. The number of benzene rings is 1. The summed E-state index contributed by atoms with van der Waals surface area (Å²) in [6, 6.07) is 4.90. The van der Waals surface area contributed by atoms with Crippen molar-refractivity contribution in [2.75, 3.05) is 0 Å². The first-order chi connectivity index (χ1) is 7.08. The predicted octanol–water partition coefficient (Wildman–Crippen LogP) is 1.31. The van der Waals surface area contributed by atoms with Gasteiger partial charge in [-0.1, -0.05) is 0 Å². The molecule has 0 aromatic heterocycles. The monoisotopic (exact) mass is 203 g/mol. The first-order valence-electron chi connectivity index (χ1n) is 4.29. The van der Waals surface area contributed by atoms with Crippen LogP contribution in [0.15, 0.2) is 12.1 Å². The van der Waals surface area contributed by atoms with Crippen molar-refractivity contribution in [1.29, 1.82) is 5.26 Å². The van der Waals surface area contributed by atoms with Gasteiger partial charge in [-0.05, 0) is 30.2 Å². The average molecular weight is 203 g/mol. The number of hydrogen-bond donors (Lipinski definition) is 1. The zero-order valence-electron chi connectivity index (χ0n) is 8.15. The highest BCUT2D eigenvalue weighted by Gasteiger charge is 2.09. The summed E-state index contributed by atoms with van der Waals surface area (Å²) in [5.74, 6) is -1.02. The van der Waals surface area contributed by atoms with E-state index in [4.69, 9.17) is 10.4 Å². The lowest BCUT2D eigenvalue weighted by molar-refractivity contribution is -0.136. The first-order valence-corrected chi connectivity index (χ1v) is 4.29. The highest BCUT2D eigenvalue weighted by atomic mass is 16.4. The molecule has 0 bridgehead atoms. The van der Waals surface area contributed by atoms with Crippen LogP contribution in [0.2, 0.25) is 0 Å². The van der Waals surface area contributed by atoms with Crippen molar-refractivity contribution >= 4 is 12.3 Å². The van der Waals surface area contributed by atoms with Gasteiger partial charge in [0.25, 0.3) is 0 Å². The number of aldehydes is 1. The van der Waals surface area contributed by atoms with Crippen LogP contribution in [0, 0.1) is 18.3 Å². The lowest BCUT2D eigenvalue weighted by Gasteiger charge is -2.04. The molecule has 0 spiro atoms. The van der Waals surface area contributed by atoms with E-state index in [9.17, 15) is 9.59 Å². The van der Waals surface area contributed by atoms with E-state index in [0.29, 0.717) is 28.5 Å². The molecular formula is C11H9NO3. The molecule has 0 aliphatic rings. The summed E-state index contributed by atoms with van der Waals surface area (Å²) in [7, 11) is 0. The molecule has 0 saturated heterocycles. The quantitative estimate of drug-likeness (QED) is 0.751. The summed E-state index contributed by atoms with van der Waals surface area (Å²) < 4.78 is 0. The maximum Gasteiger partial charge on any atom is 0.307 e. The largest absolute Gasteiger partial charge is 0.481 e. The molecule has 76 valence electrons. The predicted molar refractivity (Wildman–Crippen MR) is 52.6 cm³/mol. The van der Waals surface area contributed by atoms with Gasteiger partial charge in [-0.3, -0.25) is 9.59 Å². The van der Waals surface area contributed by atoms with Crippen molar-refractivity contribution in [3.05, 3.63) is 34.4 Å². The minimum Gasteiger partial charge on any atom is -0.481 e. The van der Waals surface area contributed by atoms with Crippen LogP contribution >= 0.6 is 0 Å². The Morgan fingerprint density at radius 1 is 1.60 bits per heavy atom. The number of nitrogens with zero attached hydrogens (tertiary/aromatic N) is 1. The molecule has 0 aliphatic heterocycles. The van der Waals surface area contributed by atoms with E-state index in [-0.39, 0.29) is 6.42 Å². The normalized spacial score (nSPS) is 9.33. The number of carboxylic acids is 1. The Morgan fingerprint density at radius 2 is 2.27 bits per heavy atom. The second-order valence-corrected chi connectivity index (χ2v) is 3.17. The van der Waals surface area contributed by atoms with Crippen LogP contribution in [0.1, 0.15) is 27.0 Å². The lowest BCUT2D eigenvalue weighted by atomic mass is 9.98. The standard InChI is InChI=1S/C11H9NO3/c1-7-2-9(5-12)8(4-11(14)15)3-10(7)6-13/h2-3,6H,4H2,1H3,(H,14,15). The minimum absolute atomic E-state index is 0.246. The van der Waals surface area contributed by atoms with Crippen LogP contribution in [0.25, 0.3) is 0 Å². The Balaban J connectivity index is 3.29.